The molecular formula is C13H20N2O. The Hall–Kier alpha value is -1.19. The quantitative estimate of drug-likeness (QED) is 0.539. The predicted octanol–water partition coefficient (Wildman–Crippen LogP) is 2.28. The number of unbranched alkanes of at least 4 members (excludes halogenated alkanes) is 1. The highest BCUT2D eigenvalue weighted by atomic mass is 16.5. The van der Waals surface area contributed by atoms with Crippen LogP contribution in [0.15, 0.2) is 30.9 Å². The lowest BCUT2D eigenvalue weighted by Crippen LogP contribution is -2.08. The van der Waals surface area contributed by atoms with Crippen molar-refractivity contribution in [3.63, 3.8) is 0 Å². The first-order chi connectivity index (χ1) is 7.86. The highest BCUT2D eigenvalue weighted by Crippen LogP contribution is 2.02. The summed E-state index contributed by atoms with van der Waals surface area (Å²) in [5, 5.41) is 3.08. The van der Waals surface area contributed by atoms with Crippen LogP contribution in [0.25, 0.3) is 0 Å². The summed E-state index contributed by atoms with van der Waals surface area (Å²) >= 11 is 0. The Bertz CT molecular complexity index is 313. The van der Waals surface area contributed by atoms with Crippen molar-refractivity contribution in [1.82, 2.24) is 10.3 Å². The normalized spacial score (nSPS) is 10.3. The van der Waals surface area contributed by atoms with E-state index in [9.17, 15) is 0 Å². The molecule has 3 nitrogen and oxygen atoms in total. The highest BCUT2D eigenvalue weighted by molar-refractivity contribution is 5.10. The van der Waals surface area contributed by atoms with Crippen LogP contribution < -0.4 is 5.32 Å². The maximum Gasteiger partial charge on any atom is 0.0887 e. The van der Waals surface area contributed by atoms with Gasteiger partial charge in [-0.15, -0.1) is 6.58 Å². The third kappa shape index (κ3) is 5.05. The molecule has 1 heterocycles. The minimum absolute atomic E-state index is 0.592. The fraction of sp³-hybridized carbons (Fsp3) is 0.462. The Kier molecular flexibility index (Phi) is 6.45. The topological polar surface area (TPSA) is 34.1 Å². The average molecular weight is 220 g/mol. The van der Waals surface area contributed by atoms with Crippen LogP contribution in [0, 0.1) is 0 Å². The lowest BCUT2D eigenvalue weighted by molar-refractivity contribution is 0.116. The van der Waals surface area contributed by atoms with Crippen molar-refractivity contribution in [2.75, 3.05) is 13.7 Å². The molecule has 3 heteroatoms. The van der Waals surface area contributed by atoms with Gasteiger partial charge in [0.25, 0.3) is 0 Å². The van der Waals surface area contributed by atoms with Crippen LogP contribution in [-0.4, -0.2) is 18.6 Å². The van der Waals surface area contributed by atoms with E-state index >= 15 is 0 Å². The molecule has 1 aromatic heterocycles. The first-order valence-corrected chi connectivity index (χ1v) is 5.65. The van der Waals surface area contributed by atoms with Gasteiger partial charge in [-0.3, -0.25) is 4.98 Å². The smallest absolute Gasteiger partial charge is 0.0887 e. The van der Waals surface area contributed by atoms with Gasteiger partial charge in [0, 0.05) is 13.2 Å². The molecule has 0 spiro atoms. The van der Waals surface area contributed by atoms with Crippen molar-refractivity contribution in [2.45, 2.75) is 26.0 Å². The molecule has 1 rings (SSSR count). The van der Waals surface area contributed by atoms with Gasteiger partial charge < -0.3 is 10.1 Å². The summed E-state index contributed by atoms with van der Waals surface area (Å²) < 4.78 is 5.52. The first kappa shape index (κ1) is 12.9. The van der Waals surface area contributed by atoms with E-state index in [1.807, 2.05) is 31.3 Å². The van der Waals surface area contributed by atoms with Crippen LogP contribution >= 0.6 is 0 Å². The van der Waals surface area contributed by atoms with E-state index in [0.717, 1.165) is 37.4 Å². The number of ether oxygens (including phenoxy) is 1. The molecule has 0 aliphatic carbocycles. The van der Waals surface area contributed by atoms with Crippen molar-refractivity contribution < 1.29 is 4.74 Å². The van der Waals surface area contributed by atoms with E-state index in [2.05, 4.69) is 16.9 Å². The number of hydrogen-bond donors (Lipinski definition) is 1. The van der Waals surface area contributed by atoms with Crippen LogP contribution in [0.5, 0.6) is 0 Å². The van der Waals surface area contributed by atoms with Gasteiger partial charge in [-0.25, -0.2) is 0 Å². The zero-order valence-corrected chi connectivity index (χ0v) is 9.91. The molecule has 0 bridgehead atoms. The zero-order valence-electron chi connectivity index (χ0n) is 9.91. The second kappa shape index (κ2) is 8.02. The molecule has 1 aromatic rings. The third-order valence-electron chi connectivity index (χ3n) is 2.17. The fourth-order valence-corrected chi connectivity index (χ4v) is 1.40. The standard InChI is InChI=1S/C13H20N2O/c1-3-4-5-9-16-11-13-8-6-7-12(15-13)10-14-2/h3,6-8,14H,1,4-5,9-11H2,2H3. The van der Waals surface area contributed by atoms with Crippen molar-refractivity contribution in [3.8, 4) is 0 Å². The third-order valence-corrected chi connectivity index (χ3v) is 2.17. The largest absolute Gasteiger partial charge is 0.375 e. The van der Waals surface area contributed by atoms with Gasteiger partial charge in [-0.2, -0.15) is 0 Å². The van der Waals surface area contributed by atoms with Gasteiger partial charge in [-0.1, -0.05) is 12.1 Å². The lowest BCUT2D eigenvalue weighted by Gasteiger charge is -2.05. The second-order valence-corrected chi connectivity index (χ2v) is 3.63. The maximum absolute atomic E-state index is 5.52. The van der Waals surface area contributed by atoms with E-state index in [4.69, 9.17) is 4.74 Å². The Morgan fingerprint density at radius 1 is 1.44 bits per heavy atom. The number of aromatic nitrogens is 1. The first-order valence-electron chi connectivity index (χ1n) is 5.65. The van der Waals surface area contributed by atoms with Gasteiger partial charge in [0.15, 0.2) is 0 Å². The fourth-order valence-electron chi connectivity index (χ4n) is 1.40. The van der Waals surface area contributed by atoms with E-state index in [1.165, 1.54) is 0 Å². The summed E-state index contributed by atoms with van der Waals surface area (Å²) in [6.07, 6.45) is 3.95. The molecule has 0 saturated carbocycles. The van der Waals surface area contributed by atoms with E-state index < -0.39 is 0 Å². The second-order valence-electron chi connectivity index (χ2n) is 3.63. The van der Waals surface area contributed by atoms with Crippen molar-refractivity contribution in [1.29, 1.82) is 0 Å². The van der Waals surface area contributed by atoms with Crippen molar-refractivity contribution in [2.24, 2.45) is 0 Å². The molecule has 0 fully saturated rings. The number of rotatable bonds is 8. The number of hydrogen-bond acceptors (Lipinski definition) is 3. The maximum atomic E-state index is 5.52. The van der Waals surface area contributed by atoms with Crippen LogP contribution in [0.4, 0.5) is 0 Å². The Balaban J connectivity index is 2.30. The van der Waals surface area contributed by atoms with E-state index in [0.29, 0.717) is 6.61 Å². The van der Waals surface area contributed by atoms with Crippen LogP contribution in [-0.2, 0) is 17.9 Å². The van der Waals surface area contributed by atoms with Crippen molar-refractivity contribution >= 4 is 0 Å². The van der Waals surface area contributed by atoms with E-state index in [-0.39, 0.29) is 0 Å². The summed E-state index contributed by atoms with van der Waals surface area (Å²) in [4.78, 5) is 4.47. The SMILES string of the molecule is C=CCCCOCc1cccc(CNC)n1. The molecule has 0 aliphatic heterocycles. The molecular weight excluding hydrogens is 200 g/mol. The number of nitrogens with zero attached hydrogens (tertiary/aromatic N) is 1. The summed E-state index contributed by atoms with van der Waals surface area (Å²) in [7, 11) is 1.92. The molecule has 0 saturated heterocycles. The molecule has 0 radical (unpaired) electrons. The number of pyridine rings is 1. The molecule has 0 aromatic carbocycles. The predicted molar refractivity (Wildman–Crippen MR) is 66.1 cm³/mol. The molecule has 0 amide bonds. The zero-order chi connectivity index (χ0) is 11.6. The number of nitrogens with one attached hydrogen (secondary N) is 1. The lowest BCUT2D eigenvalue weighted by atomic mass is 10.3. The summed E-state index contributed by atoms with van der Waals surface area (Å²) in [6.45, 7) is 5.83. The molecule has 0 unspecified atom stereocenters. The van der Waals surface area contributed by atoms with Gasteiger partial charge in [0.05, 0.1) is 18.0 Å². The molecule has 0 atom stereocenters. The van der Waals surface area contributed by atoms with Gasteiger partial charge in [0.2, 0.25) is 0 Å². The Morgan fingerprint density at radius 2 is 2.25 bits per heavy atom. The molecule has 0 aliphatic rings. The molecule has 1 N–H and O–H groups in total. The molecule has 88 valence electrons. The average Bonchev–Trinajstić information content (AvgIpc) is 2.30. The van der Waals surface area contributed by atoms with Crippen molar-refractivity contribution in [3.05, 3.63) is 42.2 Å². The minimum atomic E-state index is 0.592. The Labute approximate surface area is 97.5 Å². The molecule has 16 heavy (non-hydrogen) atoms. The minimum Gasteiger partial charge on any atom is -0.375 e. The van der Waals surface area contributed by atoms with Gasteiger partial charge >= 0.3 is 0 Å². The Morgan fingerprint density at radius 3 is 3.00 bits per heavy atom. The summed E-state index contributed by atoms with van der Waals surface area (Å²) in [5.74, 6) is 0. The summed E-state index contributed by atoms with van der Waals surface area (Å²) in [6, 6.07) is 6.02. The summed E-state index contributed by atoms with van der Waals surface area (Å²) in [5.41, 5.74) is 2.04. The highest BCUT2D eigenvalue weighted by Gasteiger charge is 1.97. The van der Waals surface area contributed by atoms with Gasteiger partial charge in [0.1, 0.15) is 0 Å². The van der Waals surface area contributed by atoms with Crippen LogP contribution in [0.2, 0.25) is 0 Å². The monoisotopic (exact) mass is 220 g/mol. The van der Waals surface area contributed by atoms with Crippen LogP contribution in [0.1, 0.15) is 24.2 Å². The van der Waals surface area contributed by atoms with Gasteiger partial charge in [-0.05, 0) is 32.0 Å². The number of allylic oxidation sites excluding steroid dienone is 1. The van der Waals surface area contributed by atoms with Crippen LogP contribution in [0.3, 0.4) is 0 Å². The van der Waals surface area contributed by atoms with E-state index in [1.54, 1.807) is 0 Å².